The third-order valence-corrected chi connectivity index (χ3v) is 4.15. The largest absolute Gasteiger partial charge is 0.299 e. The van der Waals surface area contributed by atoms with Gasteiger partial charge in [0.05, 0.1) is 0 Å². The van der Waals surface area contributed by atoms with Gasteiger partial charge in [0.25, 0.3) is 0 Å². The molecule has 2 heteroatoms. The number of carbonyl (C=O) groups is 1. The summed E-state index contributed by atoms with van der Waals surface area (Å²) in [7, 11) is 0. The van der Waals surface area contributed by atoms with Crippen molar-refractivity contribution in [1.29, 1.82) is 0 Å². The molecule has 1 aliphatic carbocycles. The zero-order chi connectivity index (χ0) is 12.3. The Hall–Kier alpha value is -0.630. The molecule has 1 nitrogen and oxygen atoms in total. The van der Waals surface area contributed by atoms with Crippen LogP contribution in [0.1, 0.15) is 38.2 Å². The first kappa shape index (κ1) is 12.8. The molecule has 1 aromatic carbocycles. The van der Waals surface area contributed by atoms with Gasteiger partial charge in [-0.05, 0) is 36.5 Å². The molecule has 1 saturated carbocycles. The van der Waals surface area contributed by atoms with Crippen LogP contribution in [-0.4, -0.2) is 5.78 Å². The van der Waals surface area contributed by atoms with Crippen molar-refractivity contribution in [3.05, 3.63) is 34.3 Å². The van der Waals surface area contributed by atoms with Crippen molar-refractivity contribution in [2.45, 2.75) is 39.0 Å². The average Bonchev–Trinajstić information content (AvgIpc) is 2.29. The van der Waals surface area contributed by atoms with E-state index < -0.39 is 0 Å². The lowest BCUT2D eigenvalue weighted by Gasteiger charge is -2.25. The summed E-state index contributed by atoms with van der Waals surface area (Å²) in [4.78, 5) is 12.2. The fourth-order valence-corrected chi connectivity index (χ4v) is 3.17. The van der Waals surface area contributed by atoms with Gasteiger partial charge in [0, 0.05) is 16.8 Å². The topological polar surface area (TPSA) is 17.1 Å². The van der Waals surface area contributed by atoms with Gasteiger partial charge in [-0.15, -0.1) is 0 Å². The second-order valence-corrected chi connectivity index (χ2v) is 6.16. The zero-order valence-corrected chi connectivity index (χ0v) is 11.9. The van der Waals surface area contributed by atoms with Crippen LogP contribution in [0.25, 0.3) is 0 Å². The van der Waals surface area contributed by atoms with E-state index in [1.807, 2.05) is 24.3 Å². The Bertz CT molecular complexity index is 400. The molecule has 0 heterocycles. The molecule has 92 valence electrons. The molecule has 1 aromatic rings. The summed E-state index contributed by atoms with van der Waals surface area (Å²) in [5, 5.41) is 0. The molecule has 2 atom stereocenters. The molecular weight excluding hydrogens is 276 g/mol. The van der Waals surface area contributed by atoms with E-state index in [-0.39, 0.29) is 0 Å². The first-order valence-electron chi connectivity index (χ1n) is 6.42. The van der Waals surface area contributed by atoms with Crippen molar-refractivity contribution in [3.63, 3.8) is 0 Å². The molecule has 17 heavy (non-hydrogen) atoms. The highest BCUT2D eigenvalue weighted by atomic mass is 79.9. The molecule has 0 radical (unpaired) electrons. The smallest absolute Gasteiger partial charge is 0.140 e. The summed E-state index contributed by atoms with van der Waals surface area (Å²) in [5.74, 6) is 1.45. The van der Waals surface area contributed by atoms with E-state index in [9.17, 15) is 4.79 Å². The van der Waals surface area contributed by atoms with E-state index in [0.29, 0.717) is 18.1 Å². The molecule has 0 N–H and O–H groups in total. The Morgan fingerprint density at radius 3 is 2.94 bits per heavy atom. The van der Waals surface area contributed by atoms with Gasteiger partial charge >= 0.3 is 0 Å². The van der Waals surface area contributed by atoms with Crippen LogP contribution < -0.4 is 0 Å². The van der Waals surface area contributed by atoms with Gasteiger partial charge in [-0.3, -0.25) is 4.79 Å². The molecule has 1 aliphatic rings. The number of benzene rings is 1. The van der Waals surface area contributed by atoms with E-state index in [0.717, 1.165) is 28.8 Å². The maximum Gasteiger partial charge on any atom is 0.140 e. The second-order valence-electron chi connectivity index (χ2n) is 5.24. The Labute approximate surface area is 112 Å². The van der Waals surface area contributed by atoms with Crippen LogP contribution in [0.15, 0.2) is 28.7 Å². The van der Waals surface area contributed by atoms with Gasteiger partial charge < -0.3 is 0 Å². The number of ketones is 1. The maximum absolute atomic E-state index is 12.2. The summed E-state index contributed by atoms with van der Waals surface area (Å²) in [6.07, 6.45) is 5.29. The van der Waals surface area contributed by atoms with E-state index in [1.54, 1.807) is 0 Å². The monoisotopic (exact) mass is 294 g/mol. The predicted octanol–water partition coefficient (Wildman–Crippen LogP) is 4.39. The Morgan fingerprint density at radius 2 is 2.24 bits per heavy atom. The number of hydrogen-bond acceptors (Lipinski definition) is 1. The minimum Gasteiger partial charge on any atom is -0.299 e. The molecule has 0 saturated heterocycles. The predicted molar refractivity (Wildman–Crippen MR) is 74.0 cm³/mol. The van der Waals surface area contributed by atoms with Crippen molar-refractivity contribution in [1.82, 2.24) is 0 Å². The lowest BCUT2D eigenvalue weighted by Crippen LogP contribution is -2.23. The number of halogens is 1. The van der Waals surface area contributed by atoms with Crippen LogP contribution in [0.5, 0.6) is 0 Å². The van der Waals surface area contributed by atoms with Gasteiger partial charge in [0.2, 0.25) is 0 Å². The van der Waals surface area contributed by atoms with Crippen molar-refractivity contribution in [2.24, 2.45) is 11.8 Å². The molecule has 1 fully saturated rings. The highest BCUT2D eigenvalue weighted by molar-refractivity contribution is 9.10. The Kier molecular flexibility index (Phi) is 4.38. The highest BCUT2D eigenvalue weighted by Gasteiger charge is 2.24. The normalized spacial score (nSPS) is 24.6. The molecule has 2 unspecified atom stereocenters. The van der Waals surface area contributed by atoms with E-state index >= 15 is 0 Å². The third-order valence-electron chi connectivity index (χ3n) is 3.66. The van der Waals surface area contributed by atoms with Gasteiger partial charge in [-0.1, -0.05) is 47.8 Å². The Balaban J connectivity index is 1.96. The molecule has 2 rings (SSSR count). The van der Waals surface area contributed by atoms with Crippen LogP contribution in [0.2, 0.25) is 0 Å². The molecule has 0 spiro atoms. The van der Waals surface area contributed by atoms with Crippen LogP contribution in [0, 0.1) is 11.8 Å². The van der Waals surface area contributed by atoms with Crippen molar-refractivity contribution < 1.29 is 4.79 Å². The van der Waals surface area contributed by atoms with Gasteiger partial charge in [-0.2, -0.15) is 0 Å². The van der Waals surface area contributed by atoms with Gasteiger partial charge in [-0.25, -0.2) is 0 Å². The number of hydrogen-bond donors (Lipinski definition) is 0. The lowest BCUT2D eigenvalue weighted by atomic mass is 9.79. The van der Waals surface area contributed by atoms with Gasteiger partial charge in [0.15, 0.2) is 0 Å². The van der Waals surface area contributed by atoms with E-state index in [2.05, 4.69) is 22.9 Å². The quantitative estimate of drug-likeness (QED) is 0.808. The summed E-state index contributed by atoms with van der Waals surface area (Å²) >= 11 is 3.45. The average molecular weight is 295 g/mol. The first-order valence-corrected chi connectivity index (χ1v) is 7.21. The van der Waals surface area contributed by atoms with Crippen molar-refractivity contribution in [3.8, 4) is 0 Å². The van der Waals surface area contributed by atoms with Gasteiger partial charge in [0.1, 0.15) is 5.78 Å². The Morgan fingerprint density at radius 1 is 1.41 bits per heavy atom. The van der Waals surface area contributed by atoms with Crippen LogP contribution in [-0.2, 0) is 11.2 Å². The van der Waals surface area contributed by atoms with E-state index in [4.69, 9.17) is 0 Å². The minimum absolute atomic E-state index is 0.303. The molecule has 0 aromatic heterocycles. The standard InChI is InChI=1S/C15H19BrO/c1-11-4-2-6-13(8-11)15(17)10-12-5-3-7-14(16)9-12/h3,5,7,9,11,13H,2,4,6,8,10H2,1H3. The second kappa shape index (κ2) is 5.81. The number of rotatable bonds is 3. The summed E-state index contributed by atoms with van der Waals surface area (Å²) in [6, 6.07) is 8.08. The maximum atomic E-state index is 12.2. The summed E-state index contributed by atoms with van der Waals surface area (Å²) < 4.78 is 1.06. The molecular formula is C15H19BrO. The summed E-state index contributed by atoms with van der Waals surface area (Å²) in [6.45, 7) is 2.26. The van der Waals surface area contributed by atoms with Crippen LogP contribution in [0.3, 0.4) is 0 Å². The fourth-order valence-electron chi connectivity index (χ4n) is 2.72. The number of carbonyl (C=O) groups excluding carboxylic acids is 1. The molecule has 0 aliphatic heterocycles. The van der Waals surface area contributed by atoms with Crippen molar-refractivity contribution in [2.75, 3.05) is 0 Å². The lowest BCUT2D eigenvalue weighted by molar-refractivity contribution is -0.123. The van der Waals surface area contributed by atoms with Crippen LogP contribution in [0.4, 0.5) is 0 Å². The van der Waals surface area contributed by atoms with Crippen LogP contribution >= 0.6 is 15.9 Å². The van der Waals surface area contributed by atoms with E-state index in [1.165, 1.54) is 12.8 Å². The highest BCUT2D eigenvalue weighted by Crippen LogP contribution is 2.30. The third kappa shape index (κ3) is 3.67. The molecule has 0 amide bonds. The zero-order valence-electron chi connectivity index (χ0n) is 10.3. The SMILES string of the molecule is CC1CCCC(C(=O)Cc2cccc(Br)c2)C1. The first-order chi connectivity index (χ1) is 8.15. The molecule has 0 bridgehead atoms. The number of Topliss-reactive ketones (excluding diaryl/α,β-unsaturated/α-hetero) is 1. The van der Waals surface area contributed by atoms with Crippen molar-refractivity contribution >= 4 is 21.7 Å². The summed E-state index contributed by atoms with van der Waals surface area (Å²) in [5.41, 5.74) is 1.13. The minimum atomic E-state index is 0.303. The fraction of sp³-hybridized carbons (Fsp3) is 0.533.